The fraction of sp³-hybridized carbons (Fsp3) is 0.465. The molecule has 3 saturated heterocycles. The lowest BCUT2D eigenvalue weighted by Crippen LogP contribution is -2.64. The van der Waals surface area contributed by atoms with Crippen molar-refractivity contribution in [1.29, 1.82) is 0 Å². The molecule has 1 spiro atoms. The zero-order valence-corrected chi connectivity index (χ0v) is 34.4. The van der Waals surface area contributed by atoms with E-state index >= 15 is 4.79 Å². The molecule has 2 aromatic carbocycles. The van der Waals surface area contributed by atoms with Crippen molar-refractivity contribution in [2.75, 3.05) is 56.2 Å². The molecule has 2 amide bonds. The van der Waals surface area contributed by atoms with Crippen LogP contribution in [0.25, 0.3) is 17.2 Å². The van der Waals surface area contributed by atoms with Crippen LogP contribution < -0.4 is 15.8 Å². The molecule has 2 saturated carbocycles. The summed E-state index contributed by atoms with van der Waals surface area (Å²) >= 11 is 6.26. The van der Waals surface area contributed by atoms with Crippen molar-refractivity contribution >= 4 is 40.6 Å². The maximum absolute atomic E-state index is 15.0. The molecule has 1 unspecified atom stereocenters. The lowest BCUT2D eigenvalue weighted by Gasteiger charge is -2.58. The van der Waals surface area contributed by atoms with E-state index in [-0.39, 0.29) is 69.7 Å². The molecule has 6 heterocycles. The first kappa shape index (κ1) is 39.3. The molecule has 5 aromatic rings. The number of amides is 2. The number of rotatable bonds is 7. The van der Waals surface area contributed by atoms with E-state index in [4.69, 9.17) is 26.4 Å². The highest BCUT2D eigenvalue weighted by Crippen LogP contribution is 2.72. The summed E-state index contributed by atoms with van der Waals surface area (Å²) in [5, 5.41) is 17.9. The average Bonchev–Trinajstić information content (AvgIpc) is 3.80. The van der Waals surface area contributed by atoms with Crippen LogP contribution >= 0.6 is 11.6 Å². The van der Waals surface area contributed by atoms with Crippen LogP contribution in [0.5, 0.6) is 5.75 Å². The number of benzene rings is 2. The first-order chi connectivity index (χ1) is 29.8. The van der Waals surface area contributed by atoms with E-state index in [2.05, 4.69) is 25.1 Å². The van der Waals surface area contributed by atoms with Crippen LogP contribution in [-0.4, -0.2) is 114 Å². The smallest absolute Gasteiger partial charge is 0.416 e. The second-order valence-electron chi connectivity index (χ2n) is 17.4. The van der Waals surface area contributed by atoms with Gasteiger partial charge in [0.05, 0.1) is 41.2 Å². The monoisotopic (exact) mass is 870 g/mol. The predicted molar refractivity (Wildman–Crippen MR) is 219 cm³/mol. The number of ether oxygens (including phenoxy) is 1. The van der Waals surface area contributed by atoms with Crippen molar-refractivity contribution in [2.45, 2.75) is 68.7 Å². The summed E-state index contributed by atoms with van der Waals surface area (Å²) in [6.07, 6.45) is -0.594. The standard InChI is InChI=1S/C43H42ClF3N10O5/c1-22-37(59)35(49-21-48-22)40(61)55-11-10-42(28-7-9-32(28)55)29-17-27(29)36-34(42)39(60)57-41(56(36)18-33(58)50-31-8-4-24(16-30(31)44)43(45,46)47)51-38(52-57)23-2-5-25(6-3-23)53-12-14-54(15-13-53)26-19-62-20-26/h2-6,8,16,21,26-29,32,59H,7,9-15,17-20H2,1H3,(H,50,58)/t27-,28+,29+,32-,42?/m0/s1. The molecule has 19 heteroatoms. The molecule has 5 atom stereocenters. The first-order valence-electron chi connectivity index (χ1n) is 21.0. The highest BCUT2D eigenvalue weighted by Gasteiger charge is 2.70. The molecule has 3 aliphatic heterocycles. The van der Waals surface area contributed by atoms with Crippen LogP contribution in [0.4, 0.5) is 24.5 Å². The largest absolute Gasteiger partial charge is 0.504 e. The molecule has 3 aliphatic carbocycles. The van der Waals surface area contributed by atoms with Gasteiger partial charge >= 0.3 is 6.18 Å². The molecule has 0 bridgehead atoms. The number of hydrogen-bond donors (Lipinski definition) is 2. The molecule has 0 radical (unpaired) electrons. The molecular formula is C43H42ClF3N10O5. The summed E-state index contributed by atoms with van der Waals surface area (Å²) in [6.45, 7) is 6.85. The predicted octanol–water partition coefficient (Wildman–Crippen LogP) is 4.87. The van der Waals surface area contributed by atoms with Crippen molar-refractivity contribution in [1.82, 2.24) is 38.9 Å². The van der Waals surface area contributed by atoms with Gasteiger partial charge in [-0.3, -0.25) is 19.3 Å². The number of likely N-dealkylation sites (tertiary alicyclic amines) is 1. The summed E-state index contributed by atoms with van der Waals surface area (Å²) < 4.78 is 48.7. The van der Waals surface area contributed by atoms with Crippen LogP contribution in [0.3, 0.4) is 0 Å². The van der Waals surface area contributed by atoms with Gasteiger partial charge in [0, 0.05) is 72.6 Å². The number of carbonyl (C=O) groups is 2. The Balaban J connectivity index is 0.953. The lowest BCUT2D eigenvalue weighted by atomic mass is 9.54. The molecule has 5 fully saturated rings. The van der Waals surface area contributed by atoms with Crippen molar-refractivity contribution in [3.8, 4) is 17.1 Å². The van der Waals surface area contributed by atoms with E-state index < -0.39 is 23.1 Å². The average molecular weight is 871 g/mol. The number of aromatic nitrogens is 6. The Morgan fingerprint density at radius 1 is 1.02 bits per heavy atom. The van der Waals surface area contributed by atoms with Crippen molar-refractivity contribution in [3.63, 3.8) is 0 Å². The Kier molecular flexibility index (Phi) is 9.01. The van der Waals surface area contributed by atoms with Gasteiger partial charge in [-0.15, -0.1) is 5.10 Å². The lowest BCUT2D eigenvalue weighted by molar-refractivity contribution is -0.137. The van der Waals surface area contributed by atoms with Crippen molar-refractivity contribution in [3.05, 3.63) is 92.4 Å². The molecule has 11 rings (SSSR count). The molecule has 2 N–H and O–H groups in total. The molecule has 3 aromatic heterocycles. The fourth-order valence-corrected chi connectivity index (χ4v) is 11.3. The van der Waals surface area contributed by atoms with Gasteiger partial charge < -0.3 is 29.5 Å². The van der Waals surface area contributed by atoms with E-state index in [1.165, 1.54) is 10.8 Å². The number of aryl methyl sites for hydroxylation is 1. The number of carbonyl (C=O) groups excluding carboxylic acids is 2. The number of piperazine rings is 1. The fourth-order valence-electron chi connectivity index (χ4n) is 11.0. The van der Waals surface area contributed by atoms with E-state index in [1.807, 2.05) is 24.3 Å². The molecule has 322 valence electrons. The highest BCUT2D eigenvalue weighted by molar-refractivity contribution is 6.33. The van der Waals surface area contributed by atoms with Gasteiger partial charge in [0.1, 0.15) is 12.9 Å². The summed E-state index contributed by atoms with van der Waals surface area (Å²) in [4.78, 5) is 62.5. The number of alkyl halides is 3. The summed E-state index contributed by atoms with van der Waals surface area (Å²) in [5.74, 6) is -0.767. The van der Waals surface area contributed by atoms with Crippen LogP contribution in [-0.2, 0) is 27.7 Å². The van der Waals surface area contributed by atoms with Crippen molar-refractivity contribution in [2.24, 2.45) is 11.8 Å². The topological polar surface area (TPSA) is 163 Å². The number of halogens is 4. The number of aromatic hydroxyl groups is 1. The van der Waals surface area contributed by atoms with Gasteiger partial charge in [-0.2, -0.15) is 22.7 Å². The van der Waals surface area contributed by atoms with Crippen LogP contribution in [0.2, 0.25) is 5.02 Å². The minimum atomic E-state index is -4.61. The van der Waals surface area contributed by atoms with E-state index in [9.17, 15) is 27.9 Å². The highest BCUT2D eigenvalue weighted by atomic mass is 35.5. The Hall–Kier alpha value is -5.59. The minimum Gasteiger partial charge on any atom is -0.504 e. The zero-order valence-electron chi connectivity index (χ0n) is 33.6. The van der Waals surface area contributed by atoms with E-state index in [0.29, 0.717) is 47.3 Å². The number of fused-ring (bicyclic) bond motifs is 8. The molecule has 15 nitrogen and oxygen atoms in total. The maximum Gasteiger partial charge on any atom is 0.416 e. The zero-order chi connectivity index (χ0) is 42.8. The summed E-state index contributed by atoms with van der Waals surface area (Å²) in [7, 11) is 0. The Morgan fingerprint density at radius 2 is 1.79 bits per heavy atom. The van der Waals surface area contributed by atoms with Gasteiger partial charge in [-0.1, -0.05) is 11.6 Å². The quantitative estimate of drug-likeness (QED) is 0.230. The molecular weight excluding hydrogens is 829 g/mol. The maximum atomic E-state index is 15.0. The number of piperidine rings is 1. The van der Waals surface area contributed by atoms with E-state index in [1.54, 1.807) is 16.4 Å². The molecule has 6 aliphatic rings. The van der Waals surface area contributed by atoms with Gasteiger partial charge in [-0.05, 0) is 86.9 Å². The second-order valence-corrected chi connectivity index (χ2v) is 17.9. The Labute approximate surface area is 357 Å². The van der Waals surface area contributed by atoms with Crippen molar-refractivity contribution < 1.29 is 32.6 Å². The molecule has 62 heavy (non-hydrogen) atoms. The third-order valence-corrected chi connectivity index (χ3v) is 14.7. The summed E-state index contributed by atoms with van der Waals surface area (Å²) in [5.41, 5.74) is 1.43. The van der Waals surface area contributed by atoms with Crippen LogP contribution in [0.15, 0.2) is 53.6 Å². The minimum absolute atomic E-state index is 0.0131. The third-order valence-electron chi connectivity index (χ3n) is 14.4. The summed E-state index contributed by atoms with van der Waals surface area (Å²) in [6, 6.07) is 10.9. The second kappa shape index (κ2) is 14.2. The Bertz CT molecular complexity index is 2730. The van der Waals surface area contributed by atoms with E-state index in [0.717, 1.165) is 82.5 Å². The van der Waals surface area contributed by atoms with Crippen LogP contribution in [0.1, 0.15) is 64.6 Å². The SMILES string of the molecule is Cc1ncnc(C(=O)N2CCC3(c4c(n(CC(=O)Nc5ccc(C(F)(F)F)cc5Cl)c5nc(-c6ccc(N7CCN(C8COC8)CC7)cc6)nn5c4=O)[C@H]4C[C@H]43)[C@@H]3CC[C@@H]32)c1O. The number of nitrogens with one attached hydrogen (secondary N) is 1. The third kappa shape index (κ3) is 6.03. The van der Waals surface area contributed by atoms with Crippen LogP contribution in [0, 0.1) is 18.8 Å². The number of nitrogens with zero attached hydrogens (tertiary/aromatic N) is 9. The normalized spacial score (nSPS) is 25.6. The number of anilines is 2. The Morgan fingerprint density at radius 3 is 2.47 bits per heavy atom. The first-order valence-corrected chi connectivity index (χ1v) is 21.4. The van der Waals surface area contributed by atoms with Gasteiger partial charge in [-0.25, -0.2) is 9.97 Å². The van der Waals surface area contributed by atoms with Gasteiger partial charge in [0.15, 0.2) is 17.3 Å². The van der Waals surface area contributed by atoms with Gasteiger partial charge in [0.25, 0.3) is 11.5 Å². The number of hydrogen-bond acceptors (Lipinski definition) is 11. The van der Waals surface area contributed by atoms with Gasteiger partial charge in [0.2, 0.25) is 11.7 Å².